The minimum Gasteiger partial charge on any atom is -0.507 e. The molecule has 0 heterocycles. The first-order valence-corrected chi connectivity index (χ1v) is 13.5. The Balaban J connectivity index is 2.11. The van der Waals surface area contributed by atoms with E-state index in [4.69, 9.17) is 22.1 Å². The van der Waals surface area contributed by atoms with Crippen molar-refractivity contribution < 1.29 is 29.0 Å². The number of phenolic OH excluding ortho intramolecular Hbond substituents is 1. The Labute approximate surface area is 239 Å². The van der Waals surface area contributed by atoms with Gasteiger partial charge in [0.05, 0.1) is 17.1 Å². The van der Waals surface area contributed by atoms with Crippen LogP contribution in [-0.2, 0) is 19.1 Å². The van der Waals surface area contributed by atoms with Crippen LogP contribution in [0.3, 0.4) is 0 Å². The zero-order chi connectivity index (χ0) is 29.8. The summed E-state index contributed by atoms with van der Waals surface area (Å²) in [5.74, 6) is -2.30. The van der Waals surface area contributed by atoms with E-state index in [1.54, 1.807) is 71.0 Å². The Morgan fingerprint density at radius 3 is 2.27 bits per heavy atom. The van der Waals surface area contributed by atoms with Gasteiger partial charge >= 0.3 is 6.09 Å². The van der Waals surface area contributed by atoms with Gasteiger partial charge in [0, 0.05) is 11.6 Å². The predicted octanol–water partition coefficient (Wildman–Crippen LogP) is 4.49. The van der Waals surface area contributed by atoms with Gasteiger partial charge in [-0.15, -0.1) is 0 Å². The number of hydrogen-bond acceptors (Lipinski definition) is 6. The van der Waals surface area contributed by atoms with Gasteiger partial charge in [-0.1, -0.05) is 41.9 Å². The molecule has 1 aliphatic rings. The molecular formula is C29H37ClN4O6. The number of halogens is 1. The van der Waals surface area contributed by atoms with Gasteiger partial charge in [-0.3, -0.25) is 14.4 Å². The first-order valence-electron chi connectivity index (χ1n) is 13.1. The lowest BCUT2D eigenvalue weighted by molar-refractivity contribution is -0.146. The quantitative estimate of drug-likeness (QED) is 0.347. The molecule has 0 aromatic heterocycles. The highest BCUT2D eigenvalue weighted by Gasteiger charge is 2.43. The van der Waals surface area contributed by atoms with Crippen molar-refractivity contribution in [2.45, 2.75) is 84.0 Å². The van der Waals surface area contributed by atoms with Gasteiger partial charge in [-0.05, 0) is 71.1 Å². The van der Waals surface area contributed by atoms with Crippen molar-refractivity contribution in [3.8, 4) is 5.75 Å². The second kappa shape index (κ2) is 12.6. The summed E-state index contributed by atoms with van der Waals surface area (Å²) in [7, 11) is 0. The molecule has 10 nitrogen and oxygen atoms in total. The van der Waals surface area contributed by atoms with E-state index in [0.717, 1.165) is 6.42 Å². The van der Waals surface area contributed by atoms with Crippen LogP contribution in [0.1, 0.15) is 69.2 Å². The van der Waals surface area contributed by atoms with E-state index >= 15 is 0 Å². The number of benzene rings is 2. The van der Waals surface area contributed by atoms with E-state index in [0.29, 0.717) is 34.7 Å². The summed E-state index contributed by atoms with van der Waals surface area (Å²) < 4.78 is 5.31. The summed E-state index contributed by atoms with van der Waals surface area (Å²) in [5, 5.41) is 16.6. The Morgan fingerprint density at radius 2 is 1.73 bits per heavy atom. The van der Waals surface area contributed by atoms with Crippen molar-refractivity contribution in [2.75, 3.05) is 5.32 Å². The first kappa shape index (κ1) is 30.7. The average molecular weight is 573 g/mol. The number of carbonyl (C=O) groups is 4. The smallest absolute Gasteiger partial charge is 0.408 e. The third-order valence-corrected chi connectivity index (χ3v) is 6.99. The average Bonchev–Trinajstić information content (AvgIpc) is 2.80. The summed E-state index contributed by atoms with van der Waals surface area (Å²) in [6, 6.07) is 6.96. The Morgan fingerprint density at radius 1 is 1.10 bits per heavy atom. The molecule has 0 radical (unpaired) electrons. The lowest BCUT2D eigenvalue weighted by atomic mass is 9.87. The monoisotopic (exact) mass is 572 g/mol. The zero-order valence-corrected chi connectivity index (χ0v) is 24.2. The molecule has 0 spiro atoms. The van der Waals surface area contributed by atoms with E-state index in [1.165, 1.54) is 4.90 Å². The summed E-state index contributed by atoms with van der Waals surface area (Å²) in [4.78, 5) is 54.2. The maximum Gasteiger partial charge on any atom is 0.408 e. The topological polar surface area (TPSA) is 151 Å². The number of hydrogen-bond donors (Lipinski definition) is 4. The highest BCUT2D eigenvalue weighted by atomic mass is 35.5. The molecule has 0 bridgehead atoms. The number of primary amides is 1. The number of nitrogens with two attached hydrogens (primary N) is 1. The molecule has 0 aliphatic heterocycles. The number of ether oxygens (including phenoxy) is 1. The highest BCUT2D eigenvalue weighted by molar-refractivity contribution is 6.34. The van der Waals surface area contributed by atoms with Gasteiger partial charge in [0.25, 0.3) is 5.91 Å². The SMILES string of the molecule is Cc1cccc(C(C(=O)Nc2c(C)cccc2Cl)N(C(=O)C(CC(N)=O)NC(=O)OC(C)(C)C)C2CCC2)c1O. The number of anilines is 1. The molecule has 11 heteroatoms. The molecule has 1 saturated carbocycles. The number of para-hydroxylation sites is 2. The van der Waals surface area contributed by atoms with Gasteiger partial charge in [0.2, 0.25) is 11.8 Å². The van der Waals surface area contributed by atoms with Crippen molar-refractivity contribution in [3.63, 3.8) is 0 Å². The second-order valence-electron chi connectivity index (χ2n) is 11.0. The van der Waals surface area contributed by atoms with Crippen LogP contribution in [0.25, 0.3) is 0 Å². The van der Waals surface area contributed by atoms with Gasteiger partial charge in [-0.2, -0.15) is 0 Å². The van der Waals surface area contributed by atoms with Crippen molar-refractivity contribution in [2.24, 2.45) is 5.73 Å². The van der Waals surface area contributed by atoms with Crippen molar-refractivity contribution in [3.05, 3.63) is 58.1 Å². The van der Waals surface area contributed by atoms with Crippen LogP contribution >= 0.6 is 11.6 Å². The number of aromatic hydroxyl groups is 1. The minimum absolute atomic E-state index is 0.151. The number of nitrogens with zero attached hydrogens (tertiary/aromatic N) is 1. The number of nitrogens with one attached hydrogen (secondary N) is 2. The van der Waals surface area contributed by atoms with Crippen LogP contribution in [0.4, 0.5) is 10.5 Å². The van der Waals surface area contributed by atoms with E-state index in [1.807, 2.05) is 0 Å². The number of rotatable bonds is 9. The molecule has 40 heavy (non-hydrogen) atoms. The summed E-state index contributed by atoms with van der Waals surface area (Å²) in [5.41, 5.74) is 6.35. The van der Waals surface area contributed by atoms with Gasteiger partial charge < -0.3 is 31.1 Å². The van der Waals surface area contributed by atoms with Gasteiger partial charge in [0.1, 0.15) is 23.4 Å². The highest BCUT2D eigenvalue weighted by Crippen LogP contribution is 2.39. The largest absolute Gasteiger partial charge is 0.507 e. The van der Waals surface area contributed by atoms with E-state index in [2.05, 4.69) is 10.6 Å². The van der Waals surface area contributed by atoms with Crippen LogP contribution in [0.2, 0.25) is 5.02 Å². The lowest BCUT2D eigenvalue weighted by Crippen LogP contribution is -2.57. The molecule has 2 atom stereocenters. The molecule has 1 aliphatic carbocycles. The van der Waals surface area contributed by atoms with E-state index in [-0.39, 0.29) is 11.3 Å². The van der Waals surface area contributed by atoms with Gasteiger partial charge in [-0.25, -0.2) is 4.79 Å². The first-order chi connectivity index (χ1) is 18.7. The number of phenols is 1. The number of alkyl carbamates (subject to hydrolysis) is 1. The molecule has 4 amide bonds. The summed E-state index contributed by atoms with van der Waals surface area (Å²) in [6.45, 7) is 8.45. The predicted molar refractivity (Wildman–Crippen MR) is 152 cm³/mol. The molecule has 2 unspecified atom stereocenters. The summed E-state index contributed by atoms with van der Waals surface area (Å²) >= 11 is 6.38. The van der Waals surface area contributed by atoms with Crippen LogP contribution in [-0.4, -0.2) is 51.5 Å². The van der Waals surface area contributed by atoms with E-state index < -0.39 is 54.0 Å². The normalized spacial score (nSPS) is 14.8. The fourth-order valence-corrected chi connectivity index (χ4v) is 4.78. The van der Waals surface area contributed by atoms with E-state index in [9.17, 15) is 24.3 Å². The Kier molecular flexibility index (Phi) is 9.68. The molecule has 1 fully saturated rings. The van der Waals surface area contributed by atoms with Gasteiger partial charge in [0.15, 0.2) is 0 Å². The Hall–Kier alpha value is -3.79. The fourth-order valence-electron chi connectivity index (χ4n) is 4.52. The van der Waals surface area contributed by atoms with Crippen LogP contribution in [0.5, 0.6) is 5.75 Å². The van der Waals surface area contributed by atoms with Crippen molar-refractivity contribution in [1.29, 1.82) is 0 Å². The maximum absolute atomic E-state index is 14.2. The second-order valence-corrected chi connectivity index (χ2v) is 11.4. The molecule has 216 valence electrons. The van der Waals surface area contributed by atoms with Crippen molar-refractivity contribution in [1.82, 2.24) is 10.2 Å². The van der Waals surface area contributed by atoms with Crippen molar-refractivity contribution >= 4 is 41.1 Å². The van der Waals surface area contributed by atoms with Crippen LogP contribution in [0, 0.1) is 13.8 Å². The third-order valence-electron chi connectivity index (χ3n) is 6.68. The maximum atomic E-state index is 14.2. The minimum atomic E-state index is -1.41. The van der Waals surface area contributed by atoms with Crippen LogP contribution < -0.4 is 16.4 Å². The fraction of sp³-hybridized carbons (Fsp3) is 0.448. The number of carbonyl (C=O) groups excluding carboxylic acids is 4. The number of amides is 4. The lowest BCUT2D eigenvalue weighted by Gasteiger charge is -2.43. The molecule has 2 aromatic rings. The molecule has 5 N–H and O–H groups in total. The molecular weight excluding hydrogens is 536 g/mol. The summed E-state index contributed by atoms with van der Waals surface area (Å²) in [6.07, 6.45) is 0.559. The zero-order valence-electron chi connectivity index (χ0n) is 23.4. The third kappa shape index (κ3) is 7.44. The number of aryl methyl sites for hydroxylation is 2. The standard InChI is InChI=1S/C29H37ClN4O6/c1-16-9-7-14-20(30)23(16)33-26(37)24(19-13-6-10-17(2)25(19)36)34(18-11-8-12-18)27(38)21(15-22(31)35)32-28(39)40-29(3,4)5/h6-7,9-10,13-14,18,21,24,36H,8,11-12,15H2,1-5H3,(H2,31,35)(H,32,39)(H,33,37). The van der Waals surface area contributed by atoms with Crippen LogP contribution in [0.15, 0.2) is 36.4 Å². The molecule has 0 saturated heterocycles. The molecule has 3 rings (SSSR count). The Bertz CT molecular complexity index is 1270. The molecule has 2 aromatic carbocycles.